The average Bonchev–Trinajstić information content (AvgIpc) is 3.04. The maximum absolute atomic E-state index is 12.7. The fraction of sp³-hybridized carbons (Fsp3) is 0.353. The van der Waals surface area contributed by atoms with Crippen LogP contribution in [0.25, 0.3) is 5.69 Å². The molecule has 2 atom stereocenters. The van der Waals surface area contributed by atoms with Gasteiger partial charge in [-0.15, -0.1) is 0 Å². The van der Waals surface area contributed by atoms with E-state index in [9.17, 15) is 14.7 Å². The minimum absolute atomic E-state index is 0.297. The highest BCUT2D eigenvalue weighted by molar-refractivity contribution is 6.30. The van der Waals surface area contributed by atoms with Gasteiger partial charge in [-0.25, -0.2) is 9.48 Å². The predicted octanol–water partition coefficient (Wildman–Crippen LogP) is 2.85. The number of carbonyl (C=O) groups excluding carboxylic acids is 1. The molecule has 2 aromatic rings. The van der Waals surface area contributed by atoms with Crippen molar-refractivity contribution in [3.05, 3.63) is 47.2 Å². The van der Waals surface area contributed by atoms with Crippen molar-refractivity contribution in [3.8, 4) is 5.69 Å². The first-order valence-electron chi connectivity index (χ1n) is 7.80. The van der Waals surface area contributed by atoms with Gasteiger partial charge in [-0.3, -0.25) is 4.79 Å². The second-order valence-electron chi connectivity index (χ2n) is 6.13. The minimum Gasteiger partial charge on any atom is -0.480 e. The maximum Gasteiger partial charge on any atom is 0.326 e. The lowest BCUT2D eigenvalue weighted by molar-refractivity contribution is -0.144. The fourth-order valence-electron chi connectivity index (χ4n) is 2.95. The molecule has 0 bridgehead atoms. The normalized spacial score (nSPS) is 20.8. The zero-order valence-corrected chi connectivity index (χ0v) is 14.0. The molecular formula is C17H18ClN3O3. The van der Waals surface area contributed by atoms with Crippen molar-refractivity contribution in [3.63, 3.8) is 0 Å². The number of halogens is 1. The van der Waals surface area contributed by atoms with E-state index in [1.54, 1.807) is 35.1 Å². The van der Waals surface area contributed by atoms with Crippen LogP contribution in [0.2, 0.25) is 5.02 Å². The smallest absolute Gasteiger partial charge is 0.326 e. The van der Waals surface area contributed by atoms with Gasteiger partial charge in [0.05, 0.1) is 17.4 Å². The van der Waals surface area contributed by atoms with E-state index < -0.39 is 12.0 Å². The summed E-state index contributed by atoms with van der Waals surface area (Å²) in [6.07, 6.45) is 4.36. The van der Waals surface area contributed by atoms with Crippen LogP contribution in [0.1, 0.15) is 30.1 Å². The molecule has 3 rings (SSSR count). The Labute approximate surface area is 144 Å². The number of carbonyl (C=O) groups is 2. The molecule has 1 aromatic heterocycles. The molecule has 2 unspecified atom stereocenters. The van der Waals surface area contributed by atoms with Crippen molar-refractivity contribution < 1.29 is 14.7 Å². The van der Waals surface area contributed by atoms with Gasteiger partial charge in [-0.05, 0) is 43.0 Å². The number of piperidine rings is 1. The number of benzene rings is 1. The first kappa shape index (κ1) is 16.5. The van der Waals surface area contributed by atoms with E-state index in [0.717, 1.165) is 12.1 Å². The second kappa shape index (κ2) is 6.65. The Hall–Kier alpha value is -2.34. The summed E-state index contributed by atoms with van der Waals surface area (Å²) in [5.74, 6) is -0.957. The van der Waals surface area contributed by atoms with E-state index in [-0.39, 0.29) is 5.91 Å². The summed E-state index contributed by atoms with van der Waals surface area (Å²) in [7, 11) is 0. The van der Waals surface area contributed by atoms with E-state index in [2.05, 4.69) is 5.10 Å². The van der Waals surface area contributed by atoms with Crippen LogP contribution in [0.15, 0.2) is 36.7 Å². The van der Waals surface area contributed by atoms with Crippen LogP contribution < -0.4 is 0 Å². The number of carboxylic acids is 1. The number of likely N-dealkylation sites (tertiary alicyclic amines) is 1. The van der Waals surface area contributed by atoms with Gasteiger partial charge in [-0.1, -0.05) is 18.5 Å². The van der Waals surface area contributed by atoms with Crippen LogP contribution in [0.5, 0.6) is 0 Å². The van der Waals surface area contributed by atoms with Gasteiger partial charge in [0.15, 0.2) is 0 Å². The summed E-state index contributed by atoms with van der Waals surface area (Å²) in [5, 5.41) is 14.2. The maximum atomic E-state index is 12.7. The number of carboxylic acid groups (broad SMARTS) is 1. The highest BCUT2D eigenvalue weighted by Gasteiger charge is 2.35. The van der Waals surface area contributed by atoms with Crippen molar-refractivity contribution in [2.45, 2.75) is 25.8 Å². The first-order chi connectivity index (χ1) is 11.5. The number of hydrogen-bond acceptors (Lipinski definition) is 3. The Bertz CT molecular complexity index is 757. The SMILES string of the molecule is CC1CCN(C(=O)c2cnn(-c3ccc(Cl)cc3)c2)C(C(=O)O)C1. The van der Waals surface area contributed by atoms with Crippen LogP contribution in [0.4, 0.5) is 0 Å². The summed E-state index contributed by atoms with van der Waals surface area (Å²) in [6.45, 7) is 2.46. The van der Waals surface area contributed by atoms with Crippen LogP contribution in [-0.4, -0.2) is 44.3 Å². The molecule has 1 aliphatic rings. The molecule has 0 aliphatic carbocycles. The Morgan fingerprint density at radius 3 is 2.67 bits per heavy atom. The van der Waals surface area contributed by atoms with Crippen molar-refractivity contribution in [2.24, 2.45) is 5.92 Å². The quantitative estimate of drug-likeness (QED) is 0.926. The van der Waals surface area contributed by atoms with E-state index in [4.69, 9.17) is 11.6 Å². The van der Waals surface area contributed by atoms with Gasteiger partial charge in [0.2, 0.25) is 0 Å². The van der Waals surface area contributed by atoms with E-state index in [1.165, 1.54) is 11.1 Å². The Morgan fingerprint density at radius 1 is 1.29 bits per heavy atom. The largest absolute Gasteiger partial charge is 0.480 e. The third-order valence-corrected chi connectivity index (χ3v) is 4.58. The summed E-state index contributed by atoms with van der Waals surface area (Å²) in [5.41, 5.74) is 1.16. The molecule has 1 saturated heterocycles. The van der Waals surface area contributed by atoms with E-state index >= 15 is 0 Å². The zero-order valence-electron chi connectivity index (χ0n) is 13.2. The zero-order chi connectivity index (χ0) is 17.3. The number of nitrogens with zero attached hydrogens (tertiary/aromatic N) is 3. The predicted molar refractivity (Wildman–Crippen MR) is 89.4 cm³/mol. The van der Waals surface area contributed by atoms with Crippen LogP contribution in [-0.2, 0) is 4.79 Å². The number of hydrogen-bond donors (Lipinski definition) is 1. The van der Waals surface area contributed by atoms with Crippen molar-refractivity contribution in [1.82, 2.24) is 14.7 Å². The van der Waals surface area contributed by atoms with E-state index in [0.29, 0.717) is 29.5 Å². The lowest BCUT2D eigenvalue weighted by Crippen LogP contribution is -2.49. The van der Waals surface area contributed by atoms with Crippen LogP contribution >= 0.6 is 11.6 Å². The Balaban J connectivity index is 1.82. The first-order valence-corrected chi connectivity index (χ1v) is 8.18. The second-order valence-corrected chi connectivity index (χ2v) is 6.57. The third kappa shape index (κ3) is 3.28. The topological polar surface area (TPSA) is 75.4 Å². The molecule has 1 amide bonds. The molecule has 1 aromatic carbocycles. The molecule has 24 heavy (non-hydrogen) atoms. The summed E-state index contributed by atoms with van der Waals surface area (Å²) < 4.78 is 1.58. The molecule has 2 heterocycles. The molecule has 0 spiro atoms. The monoisotopic (exact) mass is 347 g/mol. The molecule has 126 valence electrons. The van der Waals surface area contributed by atoms with Gasteiger partial charge < -0.3 is 10.0 Å². The summed E-state index contributed by atoms with van der Waals surface area (Å²) in [6, 6.07) is 6.30. The number of aromatic nitrogens is 2. The molecule has 7 heteroatoms. The highest BCUT2D eigenvalue weighted by Crippen LogP contribution is 2.24. The Kier molecular flexibility index (Phi) is 4.57. The van der Waals surface area contributed by atoms with Gasteiger partial charge in [0, 0.05) is 17.8 Å². The van der Waals surface area contributed by atoms with Gasteiger partial charge in [0.1, 0.15) is 6.04 Å². The van der Waals surface area contributed by atoms with Crippen molar-refractivity contribution >= 4 is 23.5 Å². The number of aliphatic carboxylic acids is 1. The summed E-state index contributed by atoms with van der Waals surface area (Å²) >= 11 is 5.87. The Morgan fingerprint density at radius 2 is 2.00 bits per heavy atom. The molecule has 1 aliphatic heterocycles. The van der Waals surface area contributed by atoms with Crippen molar-refractivity contribution in [2.75, 3.05) is 6.54 Å². The average molecular weight is 348 g/mol. The lowest BCUT2D eigenvalue weighted by Gasteiger charge is -2.35. The summed E-state index contributed by atoms with van der Waals surface area (Å²) in [4.78, 5) is 25.6. The molecular weight excluding hydrogens is 330 g/mol. The van der Waals surface area contributed by atoms with Crippen LogP contribution in [0.3, 0.4) is 0 Å². The minimum atomic E-state index is -0.958. The number of amides is 1. The van der Waals surface area contributed by atoms with Crippen molar-refractivity contribution in [1.29, 1.82) is 0 Å². The molecule has 1 N–H and O–H groups in total. The molecule has 0 saturated carbocycles. The molecule has 0 radical (unpaired) electrons. The van der Waals surface area contributed by atoms with Crippen LogP contribution in [0, 0.1) is 5.92 Å². The fourth-order valence-corrected chi connectivity index (χ4v) is 3.08. The van der Waals surface area contributed by atoms with Gasteiger partial charge in [-0.2, -0.15) is 5.10 Å². The van der Waals surface area contributed by atoms with Gasteiger partial charge in [0.25, 0.3) is 5.91 Å². The molecule has 1 fully saturated rings. The standard InChI is InChI=1S/C17H18ClN3O3/c1-11-6-7-20(15(8-11)17(23)24)16(22)12-9-19-21(10-12)14-4-2-13(18)3-5-14/h2-5,9-11,15H,6-8H2,1H3,(H,23,24). The highest BCUT2D eigenvalue weighted by atomic mass is 35.5. The third-order valence-electron chi connectivity index (χ3n) is 4.33. The number of rotatable bonds is 3. The van der Waals surface area contributed by atoms with E-state index in [1.807, 2.05) is 6.92 Å². The molecule has 6 nitrogen and oxygen atoms in total. The lowest BCUT2D eigenvalue weighted by atomic mass is 9.92. The van der Waals surface area contributed by atoms with Gasteiger partial charge >= 0.3 is 5.97 Å².